The fraction of sp³-hybridized carbons (Fsp3) is 0.125. The van der Waals surface area contributed by atoms with Crippen LogP contribution >= 0.6 is 0 Å². The maximum Gasteiger partial charge on any atom is 0.408 e. The molecule has 1 amide bonds. The van der Waals surface area contributed by atoms with Crippen molar-refractivity contribution in [3.8, 4) is 23.7 Å². The molecule has 146 valence electrons. The van der Waals surface area contributed by atoms with E-state index in [1.54, 1.807) is 25.4 Å². The number of cyclic esters (lactones) is 1. The summed E-state index contributed by atoms with van der Waals surface area (Å²) in [4.78, 5) is 16.0. The van der Waals surface area contributed by atoms with Crippen LogP contribution in [0.2, 0.25) is 0 Å². The van der Waals surface area contributed by atoms with Crippen LogP contribution in [0.3, 0.4) is 0 Å². The van der Waals surface area contributed by atoms with Crippen molar-refractivity contribution < 1.29 is 14.3 Å². The summed E-state index contributed by atoms with van der Waals surface area (Å²) < 4.78 is 10.8. The largest absolute Gasteiger partial charge is 0.497 e. The topological polar surface area (TPSA) is 84.2 Å². The molecule has 6 nitrogen and oxygen atoms in total. The third kappa shape index (κ3) is 3.94. The lowest BCUT2D eigenvalue weighted by atomic mass is 9.95. The highest BCUT2D eigenvalue weighted by Gasteiger charge is 2.36. The van der Waals surface area contributed by atoms with Crippen LogP contribution in [0.5, 0.6) is 5.75 Å². The number of nitrogens with one attached hydrogen (secondary N) is 1. The summed E-state index contributed by atoms with van der Waals surface area (Å²) in [6, 6.07) is 20.2. The molecule has 6 heteroatoms. The highest BCUT2D eigenvalue weighted by Crippen LogP contribution is 2.37. The highest BCUT2D eigenvalue weighted by atomic mass is 16.6. The maximum atomic E-state index is 12.0. The fourth-order valence-corrected chi connectivity index (χ4v) is 3.30. The molecular formula is C24H17N3O3. The molecule has 0 unspecified atom stereocenters. The standard InChI is InChI=1S/C24H17N3O3/c1-29-20-9-3-7-19(14-20)23-22(27-24(28)30-23)18-6-2-5-16(13-18)10-11-17-8-4-12-26-21(17)15-25/h2-9,12-14,22-23H,1H3,(H,27,28)/t22-,23-/m1/s1. The number of ether oxygens (including phenoxy) is 2. The number of carbonyl (C=O) groups is 1. The summed E-state index contributed by atoms with van der Waals surface area (Å²) in [5.41, 5.74) is 3.31. The van der Waals surface area contributed by atoms with Gasteiger partial charge in [-0.25, -0.2) is 9.78 Å². The zero-order valence-corrected chi connectivity index (χ0v) is 16.1. The van der Waals surface area contributed by atoms with E-state index in [2.05, 4.69) is 22.1 Å². The molecule has 0 aliphatic carbocycles. The molecule has 2 atom stereocenters. The summed E-state index contributed by atoms with van der Waals surface area (Å²) in [5.74, 6) is 6.76. The number of methoxy groups -OCH3 is 1. The van der Waals surface area contributed by atoms with Crippen LogP contribution in [0.15, 0.2) is 66.9 Å². The molecule has 0 radical (unpaired) electrons. The van der Waals surface area contributed by atoms with Gasteiger partial charge in [0.1, 0.15) is 11.8 Å². The monoisotopic (exact) mass is 395 g/mol. The average molecular weight is 395 g/mol. The van der Waals surface area contributed by atoms with Crippen LogP contribution in [-0.4, -0.2) is 18.2 Å². The molecule has 2 aromatic carbocycles. The van der Waals surface area contributed by atoms with E-state index in [-0.39, 0.29) is 11.7 Å². The number of alkyl carbamates (subject to hydrolysis) is 1. The number of rotatable bonds is 3. The van der Waals surface area contributed by atoms with Gasteiger partial charge >= 0.3 is 6.09 Å². The Morgan fingerprint density at radius 3 is 2.73 bits per heavy atom. The van der Waals surface area contributed by atoms with Gasteiger partial charge in [-0.15, -0.1) is 0 Å². The van der Waals surface area contributed by atoms with Crippen LogP contribution in [0.4, 0.5) is 4.79 Å². The minimum Gasteiger partial charge on any atom is -0.497 e. The molecule has 1 fully saturated rings. The number of pyridine rings is 1. The van der Waals surface area contributed by atoms with Crippen LogP contribution < -0.4 is 10.1 Å². The third-order valence-corrected chi connectivity index (χ3v) is 4.73. The molecule has 30 heavy (non-hydrogen) atoms. The van der Waals surface area contributed by atoms with Crippen LogP contribution in [0, 0.1) is 23.2 Å². The summed E-state index contributed by atoms with van der Waals surface area (Å²) >= 11 is 0. The molecule has 0 saturated carbocycles. The summed E-state index contributed by atoms with van der Waals surface area (Å²) in [6.45, 7) is 0. The maximum absolute atomic E-state index is 12.0. The number of benzene rings is 2. The minimum atomic E-state index is -0.487. The van der Waals surface area contributed by atoms with E-state index in [9.17, 15) is 4.79 Å². The number of amides is 1. The normalized spacial score (nSPS) is 17.1. The van der Waals surface area contributed by atoms with E-state index in [0.717, 1.165) is 16.7 Å². The number of nitrogens with zero attached hydrogens (tertiary/aromatic N) is 2. The third-order valence-electron chi connectivity index (χ3n) is 4.73. The molecule has 3 aromatic rings. The van der Waals surface area contributed by atoms with Crippen molar-refractivity contribution in [3.05, 3.63) is 94.8 Å². The van der Waals surface area contributed by atoms with E-state index in [4.69, 9.17) is 14.7 Å². The zero-order chi connectivity index (χ0) is 20.9. The Morgan fingerprint density at radius 1 is 1.07 bits per heavy atom. The van der Waals surface area contributed by atoms with E-state index in [1.165, 1.54) is 0 Å². The van der Waals surface area contributed by atoms with Gasteiger partial charge in [-0.1, -0.05) is 36.1 Å². The van der Waals surface area contributed by atoms with Crippen molar-refractivity contribution in [3.63, 3.8) is 0 Å². The van der Waals surface area contributed by atoms with Gasteiger partial charge in [0.2, 0.25) is 0 Å². The number of carbonyl (C=O) groups excluding carboxylic acids is 1. The second-order valence-corrected chi connectivity index (χ2v) is 6.61. The van der Waals surface area contributed by atoms with E-state index in [1.807, 2.05) is 54.6 Å². The molecule has 0 bridgehead atoms. The number of hydrogen-bond acceptors (Lipinski definition) is 5. The lowest BCUT2D eigenvalue weighted by molar-refractivity contribution is 0.132. The smallest absolute Gasteiger partial charge is 0.408 e. The van der Waals surface area contributed by atoms with Crippen LogP contribution in [0.25, 0.3) is 0 Å². The first kappa shape index (κ1) is 19.0. The lowest BCUT2D eigenvalue weighted by Gasteiger charge is -2.18. The van der Waals surface area contributed by atoms with Crippen LogP contribution in [0.1, 0.15) is 40.1 Å². The molecule has 1 N–H and O–H groups in total. The van der Waals surface area contributed by atoms with Crippen molar-refractivity contribution >= 4 is 6.09 Å². The predicted octanol–water partition coefficient (Wildman–Crippen LogP) is 3.88. The molecule has 1 aliphatic heterocycles. The number of aromatic nitrogens is 1. The van der Waals surface area contributed by atoms with Crippen molar-refractivity contribution in [1.82, 2.24) is 10.3 Å². The Morgan fingerprint density at radius 2 is 1.90 bits per heavy atom. The summed E-state index contributed by atoms with van der Waals surface area (Å²) in [5, 5.41) is 12.0. The molecule has 4 rings (SSSR count). The Hall–Kier alpha value is -4.29. The quantitative estimate of drug-likeness (QED) is 0.681. The first-order valence-corrected chi connectivity index (χ1v) is 9.26. The van der Waals surface area contributed by atoms with E-state index < -0.39 is 12.2 Å². The summed E-state index contributed by atoms with van der Waals surface area (Å²) in [7, 11) is 1.59. The molecular weight excluding hydrogens is 378 g/mol. The van der Waals surface area contributed by atoms with Gasteiger partial charge in [0, 0.05) is 11.8 Å². The number of nitriles is 1. The van der Waals surface area contributed by atoms with E-state index >= 15 is 0 Å². The van der Waals surface area contributed by atoms with Crippen molar-refractivity contribution in [2.24, 2.45) is 0 Å². The van der Waals surface area contributed by atoms with Crippen molar-refractivity contribution in [2.45, 2.75) is 12.1 Å². The second-order valence-electron chi connectivity index (χ2n) is 6.61. The fourth-order valence-electron chi connectivity index (χ4n) is 3.30. The van der Waals surface area contributed by atoms with Gasteiger partial charge in [-0.3, -0.25) is 0 Å². The first-order valence-electron chi connectivity index (χ1n) is 9.26. The van der Waals surface area contributed by atoms with Crippen LogP contribution in [-0.2, 0) is 4.74 Å². The van der Waals surface area contributed by atoms with Gasteiger partial charge in [-0.2, -0.15) is 5.26 Å². The minimum absolute atomic E-state index is 0.288. The summed E-state index contributed by atoms with van der Waals surface area (Å²) in [6.07, 6.45) is 0.601. The number of hydrogen-bond donors (Lipinski definition) is 1. The highest BCUT2D eigenvalue weighted by molar-refractivity contribution is 5.71. The van der Waals surface area contributed by atoms with Crippen molar-refractivity contribution in [2.75, 3.05) is 7.11 Å². The average Bonchev–Trinajstić information content (AvgIpc) is 3.20. The van der Waals surface area contributed by atoms with Gasteiger partial charge in [0.25, 0.3) is 0 Å². The second kappa shape index (κ2) is 8.38. The van der Waals surface area contributed by atoms with Crippen molar-refractivity contribution in [1.29, 1.82) is 5.26 Å². The Labute approximate surface area is 174 Å². The Bertz CT molecular complexity index is 1200. The van der Waals surface area contributed by atoms with E-state index in [0.29, 0.717) is 11.3 Å². The molecule has 1 saturated heterocycles. The van der Waals surface area contributed by atoms with Gasteiger partial charge < -0.3 is 14.8 Å². The van der Waals surface area contributed by atoms with Gasteiger partial charge in [0.05, 0.1) is 18.7 Å². The molecule has 2 heterocycles. The zero-order valence-electron chi connectivity index (χ0n) is 16.1. The Balaban J connectivity index is 1.65. The van der Waals surface area contributed by atoms with Gasteiger partial charge in [0.15, 0.2) is 11.8 Å². The first-order chi connectivity index (χ1) is 14.7. The SMILES string of the molecule is COc1cccc([C@H]2OC(=O)N[C@@H]2c2cccc(C#Cc3cccnc3C#N)c2)c1. The molecule has 1 aromatic heterocycles. The lowest BCUT2D eigenvalue weighted by Crippen LogP contribution is -2.19. The Kier molecular flexibility index (Phi) is 5.32. The molecule has 1 aliphatic rings. The predicted molar refractivity (Wildman–Crippen MR) is 109 cm³/mol. The van der Waals surface area contributed by atoms with Gasteiger partial charge in [-0.05, 0) is 47.5 Å². The molecule has 0 spiro atoms.